The number of fused-ring (bicyclic) bond motifs is 1. The average molecular weight is 348 g/mol. The number of halogens is 2. The second kappa shape index (κ2) is 4.59. The summed E-state index contributed by atoms with van der Waals surface area (Å²) in [5, 5.41) is 1.45. The van der Waals surface area contributed by atoms with E-state index in [1.807, 2.05) is 18.2 Å². The van der Waals surface area contributed by atoms with Crippen molar-refractivity contribution in [1.82, 2.24) is 0 Å². The molecule has 0 atom stereocenters. The van der Waals surface area contributed by atoms with Crippen molar-refractivity contribution in [1.29, 1.82) is 0 Å². The van der Waals surface area contributed by atoms with Gasteiger partial charge in [0.15, 0.2) is 0 Å². The van der Waals surface area contributed by atoms with Crippen molar-refractivity contribution in [2.75, 3.05) is 7.11 Å². The summed E-state index contributed by atoms with van der Waals surface area (Å²) in [6.07, 6.45) is 0. The normalized spacial score (nSPS) is 10.7. The zero-order valence-electron chi connectivity index (χ0n) is 8.42. The maximum Gasteiger partial charge on any atom is 0.374 e. The van der Waals surface area contributed by atoms with E-state index < -0.39 is 5.97 Å². The minimum Gasteiger partial charge on any atom is -0.463 e. The highest BCUT2D eigenvalue weighted by molar-refractivity contribution is 9.10. The molecule has 0 saturated heterocycles. The summed E-state index contributed by atoms with van der Waals surface area (Å²) < 4.78 is 11.1. The first kappa shape index (κ1) is 11.7. The van der Waals surface area contributed by atoms with E-state index in [1.54, 1.807) is 0 Å². The van der Waals surface area contributed by atoms with Crippen LogP contribution in [-0.2, 0) is 10.1 Å². The van der Waals surface area contributed by atoms with Gasteiger partial charge in [-0.25, -0.2) is 4.79 Å². The lowest BCUT2D eigenvalue weighted by Gasteiger charge is -1.96. The summed E-state index contributed by atoms with van der Waals surface area (Å²) in [4.78, 5) is 11.5. The van der Waals surface area contributed by atoms with Crippen molar-refractivity contribution in [2.45, 2.75) is 5.33 Å². The van der Waals surface area contributed by atoms with Crippen LogP contribution in [0.4, 0.5) is 0 Å². The van der Waals surface area contributed by atoms with Gasteiger partial charge >= 0.3 is 5.97 Å². The summed E-state index contributed by atoms with van der Waals surface area (Å²) in [5.41, 5.74) is 1.49. The molecule has 0 bridgehead atoms. The molecule has 0 aliphatic rings. The molecule has 0 amide bonds. The molecule has 3 nitrogen and oxygen atoms in total. The summed E-state index contributed by atoms with van der Waals surface area (Å²) >= 11 is 6.73. The number of carbonyl (C=O) groups excluding carboxylic acids is 1. The van der Waals surface area contributed by atoms with Crippen molar-refractivity contribution in [2.24, 2.45) is 0 Å². The number of alkyl halides is 1. The molecule has 0 aliphatic heterocycles. The van der Waals surface area contributed by atoms with Gasteiger partial charge in [0.1, 0.15) is 5.58 Å². The fourth-order valence-corrected chi connectivity index (χ4v) is 2.43. The predicted octanol–water partition coefficient (Wildman–Crippen LogP) is 3.88. The number of hydrogen-bond acceptors (Lipinski definition) is 3. The number of ether oxygens (including phenoxy) is 1. The Morgan fingerprint density at radius 3 is 2.88 bits per heavy atom. The summed E-state index contributed by atoms with van der Waals surface area (Å²) in [7, 11) is 1.34. The highest BCUT2D eigenvalue weighted by Crippen LogP contribution is 2.30. The Balaban J connectivity index is 2.71. The first-order chi connectivity index (χ1) is 7.67. The van der Waals surface area contributed by atoms with Gasteiger partial charge in [-0.05, 0) is 18.2 Å². The molecular formula is C11H8Br2O3. The Hall–Kier alpha value is -0.810. The molecule has 0 saturated carbocycles. The Morgan fingerprint density at radius 2 is 2.25 bits per heavy atom. The smallest absolute Gasteiger partial charge is 0.374 e. The molecule has 16 heavy (non-hydrogen) atoms. The molecule has 5 heteroatoms. The van der Waals surface area contributed by atoms with Crippen LogP contribution in [0.25, 0.3) is 11.0 Å². The molecule has 1 aromatic heterocycles. The first-order valence-electron chi connectivity index (χ1n) is 4.52. The van der Waals surface area contributed by atoms with Gasteiger partial charge in [-0.15, -0.1) is 0 Å². The monoisotopic (exact) mass is 346 g/mol. The average Bonchev–Trinajstić information content (AvgIpc) is 2.65. The largest absolute Gasteiger partial charge is 0.463 e. The quantitative estimate of drug-likeness (QED) is 0.611. The molecule has 2 rings (SSSR count). The van der Waals surface area contributed by atoms with Crippen LogP contribution in [0.2, 0.25) is 0 Å². The molecule has 0 aliphatic carbocycles. The van der Waals surface area contributed by atoms with Crippen LogP contribution in [0, 0.1) is 0 Å². The zero-order valence-corrected chi connectivity index (χ0v) is 11.6. The maximum absolute atomic E-state index is 11.5. The minimum atomic E-state index is -0.457. The van der Waals surface area contributed by atoms with Gasteiger partial charge in [-0.2, -0.15) is 0 Å². The van der Waals surface area contributed by atoms with Gasteiger partial charge in [-0.1, -0.05) is 31.9 Å². The Kier molecular flexibility index (Phi) is 3.35. The first-order valence-corrected chi connectivity index (χ1v) is 6.44. The Bertz CT molecular complexity index is 545. The van der Waals surface area contributed by atoms with Crippen LogP contribution in [0.3, 0.4) is 0 Å². The Labute approximate surface area is 109 Å². The third kappa shape index (κ3) is 1.89. The second-order valence-corrected chi connectivity index (χ2v) is 4.65. The zero-order chi connectivity index (χ0) is 11.7. The highest BCUT2D eigenvalue weighted by atomic mass is 79.9. The molecule has 0 unspecified atom stereocenters. The van der Waals surface area contributed by atoms with Gasteiger partial charge in [0.2, 0.25) is 5.76 Å². The fourth-order valence-electron chi connectivity index (χ4n) is 1.51. The highest BCUT2D eigenvalue weighted by Gasteiger charge is 2.20. The van der Waals surface area contributed by atoms with Crippen molar-refractivity contribution in [3.05, 3.63) is 34.0 Å². The number of benzene rings is 1. The van der Waals surface area contributed by atoms with Crippen LogP contribution in [-0.4, -0.2) is 13.1 Å². The molecule has 84 valence electrons. The van der Waals surface area contributed by atoms with Gasteiger partial charge in [-0.3, -0.25) is 0 Å². The molecule has 1 aromatic carbocycles. The third-order valence-electron chi connectivity index (χ3n) is 2.26. The van der Waals surface area contributed by atoms with Crippen molar-refractivity contribution in [3.63, 3.8) is 0 Å². The number of esters is 1. The molecule has 0 N–H and O–H groups in total. The van der Waals surface area contributed by atoms with E-state index in [4.69, 9.17) is 4.42 Å². The number of furan rings is 1. The van der Waals surface area contributed by atoms with Crippen LogP contribution < -0.4 is 0 Å². The summed E-state index contributed by atoms with van der Waals surface area (Å²) in [5.74, 6) is -0.200. The van der Waals surface area contributed by atoms with Crippen molar-refractivity contribution < 1.29 is 13.9 Å². The molecule has 2 aromatic rings. The second-order valence-electron chi connectivity index (χ2n) is 3.18. The molecule has 0 radical (unpaired) electrons. The molecule has 0 spiro atoms. The predicted molar refractivity (Wildman–Crippen MR) is 67.9 cm³/mol. The van der Waals surface area contributed by atoms with E-state index in [0.29, 0.717) is 10.9 Å². The minimum absolute atomic E-state index is 0.257. The van der Waals surface area contributed by atoms with Gasteiger partial charge < -0.3 is 9.15 Å². The fraction of sp³-hybridized carbons (Fsp3) is 0.182. The van der Waals surface area contributed by atoms with Gasteiger partial charge in [0, 0.05) is 20.8 Å². The number of rotatable bonds is 2. The maximum atomic E-state index is 11.5. The number of carbonyl (C=O) groups is 1. The summed E-state index contributed by atoms with van der Waals surface area (Å²) in [6, 6.07) is 5.60. The van der Waals surface area contributed by atoms with E-state index in [2.05, 4.69) is 36.6 Å². The van der Waals surface area contributed by atoms with Crippen LogP contribution in [0.5, 0.6) is 0 Å². The van der Waals surface area contributed by atoms with E-state index in [1.165, 1.54) is 7.11 Å². The van der Waals surface area contributed by atoms with E-state index in [9.17, 15) is 4.79 Å². The molecular weight excluding hydrogens is 340 g/mol. The lowest BCUT2D eigenvalue weighted by atomic mass is 10.1. The number of methoxy groups -OCH3 is 1. The SMILES string of the molecule is COC(=O)c1oc2ccc(Br)cc2c1CBr. The van der Waals surface area contributed by atoms with Crippen LogP contribution >= 0.6 is 31.9 Å². The standard InChI is InChI=1S/C11H8Br2O3/c1-15-11(14)10-8(5-12)7-4-6(13)2-3-9(7)16-10/h2-4H,5H2,1H3. The van der Waals surface area contributed by atoms with Crippen molar-refractivity contribution in [3.8, 4) is 0 Å². The van der Waals surface area contributed by atoms with Gasteiger partial charge in [0.25, 0.3) is 0 Å². The molecule has 1 heterocycles. The third-order valence-corrected chi connectivity index (χ3v) is 3.31. The van der Waals surface area contributed by atoms with Crippen molar-refractivity contribution >= 4 is 48.8 Å². The summed E-state index contributed by atoms with van der Waals surface area (Å²) in [6.45, 7) is 0. The van der Waals surface area contributed by atoms with E-state index in [0.717, 1.165) is 15.4 Å². The van der Waals surface area contributed by atoms with Gasteiger partial charge in [0.05, 0.1) is 7.11 Å². The van der Waals surface area contributed by atoms with E-state index >= 15 is 0 Å². The van der Waals surface area contributed by atoms with Crippen LogP contribution in [0.15, 0.2) is 27.1 Å². The lowest BCUT2D eigenvalue weighted by molar-refractivity contribution is 0.0566. The number of hydrogen-bond donors (Lipinski definition) is 0. The van der Waals surface area contributed by atoms with E-state index in [-0.39, 0.29) is 5.76 Å². The van der Waals surface area contributed by atoms with Crippen LogP contribution in [0.1, 0.15) is 16.1 Å². The molecule has 0 fully saturated rings. The topological polar surface area (TPSA) is 39.4 Å². The Morgan fingerprint density at radius 1 is 1.50 bits per heavy atom. The lowest BCUT2D eigenvalue weighted by Crippen LogP contribution is -2.01.